The summed E-state index contributed by atoms with van der Waals surface area (Å²) >= 11 is 0. The first-order valence-corrected chi connectivity index (χ1v) is 7.00. The van der Waals surface area contributed by atoms with Crippen LogP contribution in [0.4, 0.5) is 0 Å². The topological polar surface area (TPSA) is 59.0 Å². The lowest BCUT2D eigenvalue weighted by Gasteiger charge is -2.28. The molecule has 1 atom stereocenters. The van der Waals surface area contributed by atoms with Crippen LogP contribution in [0, 0.1) is 5.41 Å². The van der Waals surface area contributed by atoms with Crippen molar-refractivity contribution in [3.63, 3.8) is 0 Å². The zero-order valence-electron chi connectivity index (χ0n) is 12.1. The Hall–Kier alpha value is -1.36. The molecule has 1 amide bonds. The highest BCUT2D eigenvalue weighted by Crippen LogP contribution is 2.26. The molecule has 1 aromatic rings. The van der Waals surface area contributed by atoms with Gasteiger partial charge in [-0.1, -0.05) is 6.42 Å². The zero-order chi connectivity index (χ0) is 13.9. The molecule has 1 fully saturated rings. The van der Waals surface area contributed by atoms with E-state index in [1.54, 1.807) is 7.05 Å². The first-order chi connectivity index (χ1) is 9.04. The fourth-order valence-electron chi connectivity index (χ4n) is 2.69. The second-order valence-corrected chi connectivity index (χ2v) is 5.91. The van der Waals surface area contributed by atoms with E-state index >= 15 is 0 Å². The molecule has 0 radical (unpaired) electrons. The summed E-state index contributed by atoms with van der Waals surface area (Å²) < 4.78 is 2.11. The number of hydrogen-bond acceptors (Lipinski definition) is 3. The van der Waals surface area contributed by atoms with Gasteiger partial charge in [0.25, 0.3) is 0 Å². The molecular formula is C14H24N4O. The molecule has 2 N–H and O–H groups in total. The van der Waals surface area contributed by atoms with Crippen LogP contribution in [-0.4, -0.2) is 29.1 Å². The summed E-state index contributed by atoms with van der Waals surface area (Å²) in [5, 5.41) is 6.26. The molecule has 5 nitrogen and oxygen atoms in total. The van der Waals surface area contributed by atoms with Crippen molar-refractivity contribution in [1.82, 2.24) is 20.2 Å². The smallest absolute Gasteiger partial charge is 0.227 e. The summed E-state index contributed by atoms with van der Waals surface area (Å²) in [6, 6.07) is 0.372. The molecule has 19 heavy (non-hydrogen) atoms. The Labute approximate surface area is 114 Å². The highest BCUT2D eigenvalue weighted by molar-refractivity contribution is 5.81. The van der Waals surface area contributed by atoms with Crippen molar-refractivity contribution >= 4 is 5.91 Å². The molecule has 0 saturated carbocycles. The van der Waals surface area contributed by atoms with Crippen LogP contribution in [0.3, 0.4) is 0 Å². The van der Waals surface area contributed by atoms with E-state index in [1.807, 2.05) is 26.4 Å². The average Bonchev–Trinajstić information content (AvgIpc) is 2.86. The maximum absolute atomic E-state index is 11.9. The molecule has 0 bridgehead atoms. The number of carbonyl (C=O) groups excluding carboxylic acids is 1. The van der Waals surface area contributed by atoms with Crippen LogP contribution in [0.2, 0.25) is 0 Å². The van der Waals surface area contributed by atoms with Crippen LogP contribution in [0.25, 0.3) is 0 Å². The van der Waals surface area contributed by atoms with Crippen molar-refractivity contribution in [2.24, 2.45) is 5.41 Å². The minimum Gasteiger partial charge on any atom is -0.359 e. The summed E-state index contributed by atoms with van der Waals surface area (Å²) in [4.78, 5) is 16.1. The average molecular weight is 264 g/mol. The van der Waals surface area contributed by atoms with Gasteiger partial charge in [0.15, 0.2) is 0 Å². The molecule has 1 aliphatic heterocycles. The lowest BCUT2D eigenvalue weighted by atomic mass is 9.91. The van der Waals surface area contributed by atoms with Gasteiger partial charge >= 0.3 is 0 Å². The van der Waals surface area contributed by atoms with E-state index in [-0.39, 0.29) is 5.91 Å². The maximum atomic E-state index is 11.9. The van der Waals surface area contributed by atoms with Crippen LogP contribution in [-0.2, 0) is 11.3 Å². The van der Waals surface area contributed by atoms with Gasteiger partial charge in [-0.05, 0) is 33.2 Å². The van der Waals surface area contributed by atoms with Crippen LogP contribution >= 0.6 is 0 Å². The third-order valence-corrected chi connectivity index (χ3v) is 3.82. The second-order valence-electron chi connectivity index (χ2n) is 5.91. The van der Waals surface area contributed by atoms with E-state index in [1.165, 1.54) is 18.5 Å². The monoisotopic (exact) mass is 264 g/mol. The number of imidazole rings is 1. The first-order valence-electron chi connectivity index (χ1n) is 7.00. The molecule has 5 heteroatoms. The Kier molecular flexibility index (Phi) is 4.24. The van der Waals surface area contributed by atoms with Crippen molar-refractivity contribution < 1.29 is 4.79 Å². The predicted molar refractivity (Wildman–Crippen MR) is 74.7 cm³/mol. The van der Waals surface area contributed by atoms with Gasteiger partial charge < -0.3 is 15.2 Å². The molecule has 1 aliphatic rings. The number of aromatic nitrogens is 2. The molecule has 0 aromatic carbocycles. The molecule has 1 unspecified atom stereocenters. The number of piperidine rings is 1. The largest absolute Gasteiger partial charge is 0.359 e. The number of nitrogens with one attached hydrogen (secondary N) is 2. The Morgan fingerprint density at radius 1 is 1.58 bits per heavy atom. The summed E-state index contributed by atoms with van der Waals surface area (Å²) in [5.74, 6) is 0.0590. The Morgan fingerprint density at radius 2 is 2.37 bits per heavy atom. The molecule has 0 spiro atoms. The molecule has 106 valence electrons. The van der Waals surface area contributed by atoms with Crippen molar-refractivity contribution in [3.8, 4) is 0 Å². The van der Waals surface area contributed by atoms with E-state index in [4.69, 9.17) is 0 Å². The van der Waals surface area contributed by atoms with Crippen molar-refractivity contribution in [2.45, 2.75) is 45.7 Å². The summed E-state index contributed by atoms with van der Waals surface area (Å²) in [6.45, 7) is 5.64. The zero-order valence-corrected chi connectivity index (χ0v) is 12.1. The van der Waals surface area contributed by atoms with E-state index in [2.05, 4.69) is 20.2 Å². The van der Waals surface area contributed by atoms with Crippen LogP contribution in [0.15, 0.2) is 12.5 Å². The van der Waals surface area contributed by atoms with Crippen LogP contribution in [0.1, 0.15) is 44.8 Å². The standard InChI is InChI=1S/C14H24N4O/c1-14(2,13(19)15-3)9-18-10-16-8-12(18)11-6-4-5-7-17-11/h8,10-11,17H,4-7,9H2,1-3H3,(H,15,19). The van der Waals surface area contributed by atoms with Gasteiger partial charge in [-0.2, -0.15) is 0 Å². The van der Waals surface area contributed by atoms with Crippen LogP contribution < -0.4 is 10.6 Å². The van der Waals surface area contributed by atoms with E-state index < -0.39 is 5.41 Å². The van der Waals surface area contributed by atoms with E-state index in [0.29, 0.717) is 12.6 Å². The number of hydrogen-bond donors (Lipinski definition) is 2. The number of nitrogens with zero attached hydrogens (tertiary/aromatic N) is 2. The van der Waals surface area contributed by atoms with Crippen molar-refractivity contribution in [2.75, 3.05) is 13.6 Å². The van der Waals surface area contributed by atoms with Crippen LogP contribution in [0.5, 0.6) is 0 Å². The van der Waals surface area contributed by atoms with Gasteiger partial charge in [-0.15, -0.1) is 0 Å². The number of carbonyl (C=O) groups is 1. The van der Waals surface area contributed by atoms with Gasteiger partial charge in [0.1, 0.15) is 0 Å². The quantitative estimate of drug-likeness (QED) is 0.866. The molecule has 2 heterocycles. The van der Waals surface area contributed by atoms with Crippen molar-refractivity contribution in [1.29, 1.82) is 0 Å². The second kappa shape index (κ2) is 5.74. The SMILES string of the molecule is CNC(=O)C(C)(C)Cn1cncc1C1CCCCN1. The fourth-order valence-corrected chi connectivity index (χ4v) is 2.69. The maximum Gasteiger partial charge on any atom is 0.227 e. The minimum atomic E-state index is -0.432. The predicted octanol–water partition coefficient (Wildman–Crippen LogP) is 1.47. The number of rotatable bonds is 4. The molecule has 1 saturated heterocycles. The van der Waals surface area contributed by atoms with Gasteiger partial charge in [0.05, 0.1) is 17.4 Å². The fraction of sp³-hybridized carbons (Fsp3) is 0.714. The number of amides is 1. The first kappa shape index (κ1) is 14.1. The van der Waals surface area contributed by atoms with Gasteiger partial charge in [-0.3, -0.25) is 4.79 Å². The van der Waals surface area contributed by atoms with Gasteiger partial charge in [-0.25, -0.2) is 4.98 Å². The van der Waals surface area contributed by atoms with Gasteiger partial charge in [0, 0.05) is 25.8 Å². The minimum absolute atomic E-state index is 0.0590. The van der Waals surface area contributed by atoms with E-state index in [0.717, 1.165) is 13.0 Å². The summed E-state index contributed by atoms with van der Waals surface area (Å²) in [6.07, 6.45) is 7.39. The molecule has 0 aliphatic carbocycles. The Bertz CT molecular complexity index is 432. The Morgan fingerprint density at radius 3 is 3.00 bits per heavy atom. The molecular weight excluding hydrogens is 240 g/mol. The normalized spacial score (nSPS) is 20.3. The molecule has 1 aromatic heterocycles. The molecule has 2 rings (SSSR count). The highest BCUT2D eigenvalue weighted by Gasteiger charge is 2.29. The lowest BCUT2D eigenvalue weighted by molar-refractivity contribution is -0.129. The van der Waals surface area contributed by atoms with Crippen molar-refractivity contribution in [3.05, 3.63) is 18.2 Å². The summed E-state index contributed by atoms with van der Waals surface area (Å²) in [5.41, 5.74) is 0.760. The summed E-state index contributed by atoms with van der Waals surface area (Å²) in [7, 11) is 1.68. The lowest BCUT2D eigenvalue weighted by Crippen LogP contribution is -2.38. The van der Waals surface area contributed by atoms with E-state index in [9.17, 15) is 4.79 Å². The third kappa shape index (κ3) is 3.15. The third-order valence-electron chi connectivity index (χ3n) is 3.82. The highest BCUT2D eigenvalue weighted by atomic mass is 16.2. The Balaban J connectivity index is 2.13. The van der Waals surface area contributed by atoms with Gasteiger partial charge in [0.2, 0.25) is 5.91 Å².